The van der Waals surface area contributed by atoms with Crippen LogP contribution < -0.4 is 0 Å². The Morgan fingerprint density at radius 1 is 1.30 bits per heavy atom. The lowest BCUT2D eigenvalue weighted by molar-refractivity contribution is -0.148. The van der Waals surface area contributed by atoms with Crippen LogP contribution >= 0.6 is 11.8 Å². The van der Waals surface area contributed by atoms with E-state index in [1.165, 1.54) is 14.0 Å². The van der Waals surface area contributed by atoms with Crippen molar-refractivity contribution in [3.8, 4) is 5.82 Å². The SMILES string of the molecule is COC(=O)C(C)N1C(=O)S/C(=C/c2cc(C)n(-c3ccccn3)c2C)C1=O. The smallest absolute Gasteiger partial charge is 0.328 e. The molecule has 0 saturated carbocycles. The number of ether oxygens (including phenoxy) is 1. The number of aryl methyl sites for hydroxylation is 1. The van der Waals surface area contributed by atoms with Gasteiger partial charge >= 0.3 is 5.97 Å². The molecule has 7 nitrogen and oxygen atoms in total. The number of amides is 2. The Morgan fingerprint density at radius 2 is 2.04 bits per heavy atom. The molecule has 1 fully saturated rings. The molecule has 0 aromatic carbocycles. The predicted octanol–water partition coefficient (Wildman–Crippen LogP) is 3.09. The van der Waals surface area contributed by atoms with E-state index < -0.39 is 23.2 Å². The second kappa shape index (κ2) is 7.40. The maximum absolute atomic E-state index is 12.6. The second-order valence-electron chi connectivity index (χ2n) is 6.10. The summed E-state index contributed by atoms with van der Waals surface area (Å²) in [5, 5.41) is -0.484. The molecule has 2 amide bonds. The van der Waals surface area contributed by atoms with Crippen LogP contribution in [-0.4, -0.2) is 44.7 Å². The summed E-state index contributed by atoms with van der Waals surface area (Å²) in [4.78, 5) is 42.1. The fourth-order valence-corrected chi connectivity index (χ4v) is 3.90. The molecule has 0 radical (unpaired) electrons. The van der Waals surface area contributed by atoms with Gasteiger partial charge in [-0.2, -0.15) is 0 Å². The van der Waals surface area contributed by atoms with E-state index in [0.29, 0.717) is 0 Å². The Labute approximate surface area is 161 Å². The molecule has 1 atom stereocenters. The van der Waals surface area contributed by atoms with Crippen molar-refractivity contribution < 1.29 is 19.1 Å². The number of carbonyl (C=O) groups is 3. The summed E-state index contributed by atoms with van der Waals surface area (Å²) in [6.45, 7) is 5.34. The number of hydrogen-bond donors (Lipinski definition) is 0. The van der Waals surface area contributed by atoms with Crippen LogP contribution in [0.25, 0.3) is 11.9 Å². The molecule has 0 bridgehead atoms. The minimum atomic E-state index is -0.964. The molecule has 3 heterocycles. The maximum Gasteiger partial charge on any atom is 0.328 e. The molecule has 1 aliphatic heterocycles. The van der Waals surface area contributed by atoms with Crippen LogP contribution in [0.5, 0.6) is 0 Å². The van der Waals surface area contributed by atoms with E-state index in [0.717, 1.165) is 39.4 Å². The molecule has 1 saturated heterocycles. The lowest BCUT2D eigenvalue weighted by Crippen LogP contribution is -2.42. The summed E-state index contributed by atoms with van der Waals surface area (Å²) in [6.07, 6.45) is 3.39. The molecule has 27 heavy (non-hydrogen) atoms. The topological polar surface area (TPSA) is 81.5 Å². The van der Waals surface area contributed by atoms with E-state index in [2.05, 4.69) is 9.72 Å². The highest BCUT2D eigenvalue weighted by atomic mass is 32.2. The molecule has 140 valence electrons. The first-order valence-corrected chi connectivity index (χ1v) is 9.12. The largest absolute Gasteiger partial charge is 0.467 e. The number of thioether (sulfide) groups is 1. The standard InChI is InChI=1S/C19H19N3O4S/c1-11-9-14(12(2)21(11)16-7-5-6-8-20-16)10-15-17(23)22(19(25)27-15)13(3)18(24)26-4/h5-10,13H,1-4H3/b15-10+. The van der Waals surface area contributed by atoms with Crippen LogP contribution in [-0.2, 0) is 14.3 Å². The van der Waals surface area contributed by atoms with Crippen molar-refractivity contribution in [2.45, 2.75) is 26.8 Å². The highest BCUT2D eigenvalue weighted by molar-refractivity contribution is 8.18. The molecule has 2 aromatic rings. The van der Waals surface area contributed by atoms with E-state index >= 15 is 0 Å². The summed E-state index contributed by atoms with van der Waals surface area (Å²) in [5.74, 6) is -0.350. The molecule has 1 aliphatic rings. The first-order chi connectivity index (χ1) is 12.8. The average Bonchev–Trinajstić information content (AvgIpc) is 3.09. The molecular weight excluding hydrogens is 366 g/mol. The molecule has 1 unspecified atom stereocenters. The Balaban J connectivity index is 1.96. The van der Waals surface area contributed by atoms with E-state index in [9.17, 15) is 14.4 Å². The van der Waals surface area contributed by atoms with Gasteiger partial charge in [0.1, 0.15) is 11.9 Å². The summed E-state index contributed by atoms with van der Waals surface area (Å²) < 4.78 is 6.62. The van der Waals surface area contributed by atoms with Crippen LogP contribution in [0.4, 0.5) is 4.79 Å². The lowest BCUT2D eigenvalue weighted by Gasteiger charge is -2.18. The van der Waals surface area contributed by atoms with Gasteiger partial charge in [0.15, 0.2) is 0 Å². The van der Waals surface area contributed by atoms with Gasteiger partial charge in [0.05, 0.1) is 12.0 Å². The molecule has 0 aliphatic carbocycles. The Hall–Kier alpha value is -2.87. The Bertz CT molecular complexity index is 949. The monoisotopic (exact) mass is 385 g/mol. The number of rotatable bonds is 4. The average molecular weight is 385 g/mol. The van der Waals surface area contributed by atoms with Crippen LogP contribution in [0.2, 0.25) is 0 Å². The van der Waals surface area contributed by atoms with Gasteiger partial charge in [0.2, 0.25) is 0 Å². The van der Waals surface area contributed by atoms with Gasteiger partial charge in [-0.05, 0) is 62.4 Å². The van der Waals surface area contributed by atoms with Gasteiger partial charge in [-0.15, -0.1) is 0 Å². The highest BCUT2D eigenvalue weighted by Crippen LogP contribution is 2.35. The Morgan fingerprint density at radius 3 is 2.67 bits per heavy atom. The third-order valence-corrected chi connectivity index (χ3v) is 5.27. The van der Waals surface area contributed by atoms with E-state index in [4.69, 9.17) is 0 Å². The third kappa shape index (κ3) is 3.40. The Kier molecular flexibility index (Phi) is 5.18. The van der Waals surface area contributed by atoms with Crippen molar-refractivity contribution in [3.63, 3.8) is 0 Å². The van der Waals surface area contributed by atoms with Crippen molar-refractivity contribution in [2.24, 2.45) is 0 Å². The van der Waals surface area contributed by atoms with Crippen LogP contribution in [0.3, 0.4) is 0 Å². The lowest BCUT2D eigenvalue weighted by atomic mass is 10.2. The zero-order chi connectivity index (χ0) is 19.7. The van der Waals surface area contributed by atoms with Crippen LogP contribution in [0.1, 0.15) is 23.9 Å². The summed E-state index contributed by atoms with van der Waals surface area (Å²) in [5.41, 5.74) is 2.67. The minimum Gasteiger partial charge on any atom is -0.467 e. The van der Waals surface area contributed by atoms with E-state index in [-0.39, 0.29) is 4.91 Å². The number of nitrogens with zero attached hydrogens (tertiary/aromatic N) is 3. The first-order valence-electron chi connectivity index (χ1n) is 8.30. The number of aromatic nitrogens is 2. The van der Waals surface area contributed by atoms with Crippen molar-refractivity contribution in [3.05, 3.63) is 52.3 Å². The number of pyridine rings is 1. The van der Waals surface area contributed by atoms with Gasteiger partial charge < -0.3 is 9.30 Å². The molecular formula is C19H19N3O4S. The summed E-state index contributed by atoms with van der Waals surface area (Å²) in [7, 11) is 1.22. The fraction of sp³-hybridized carbons (Fsp3) is 0.263. The van der Waals surface area contributed by atoms with Gasteiger partial charge in [0, 0.05) is 17.6 Å². The number of methoxy groups -OCH3 is 1. The second-order valence-corrected chi connectivity index (χ2v) is 7.09. The number of hydrogen-bond acceptors (Lipinski definition) is 6. The van der Waals surface area contributed by atoms with E-state index in [1.807, 2.05) is 42.7 Å². The number of esters is 1. The van der Waals surface area contributed by atoms with Crippen molar-refractivity contribution in [2.75, 3.05) is 7.11 Å². The zero-order valence-corrected chi connectivity index (χ0v) is 16.2. The number of imide groups is 1. The predicted molar refractivity (Wildman–Crippen MR) is 102 cm³/mol. The highest BCUT2D eigenvalue weighted by Gasteiger charge is 2.41. The van der Waals surface area contributed by atoms with Crippen molar-refractivity contribution in [1.29, 1.82) is 0 Å². The van der Waals surface area contributed by atoms with Crippen molar-refractivity contribution in [1.82, 2.24) is 14.5 Å². The van der Waals surface area contributed by atoms with Crippen LogP contribution in [0.15, 0.2) is 35.4 Å². The van der Waals surface area contributed by atoms with Gasteiger partial charge in [-0.3, -0.25) is 14.5 Å². The fourth-order valence-electron chi connectivity index (χ4n) is 3.00. The molecule has 8 heteroatoms. The zero-order valence-electron chi connectivity index (χ0n) is 15.4. The van der Waals surface area contributed by atoms with Gasteiger partial charge in [0.25, 0.3) is 11.1 Å². The summed E-state index contributed by atoms with van der Waals surface area (Å²) >= 11 is 0.818. The van der Waals surface area contributed by atoms with E-state index in [1.54, 1.807) is 12.3 Å². The minimum absolute atomic E-state index is 0.275. The number of carbonyl (C=O) groups excluding carboxylic acids is 3. The summed E-state index contributed by atoms with van der Waals surface area (Å²) in [6, 6.07) is 6.61. The normalized spacial score (nSPS) is 16.9. The van der Waals surface area contributed by atoms with Crippen LogP contribution in [0, 0.1) is 13.8 Å². The molecule has 0 N–H and O–H groups in total. The van der Waals surface area contributed by atoms with Crippen molar-refractivity contribution >= 4 is 35.0 Å². The first kappa shape index (κ1) is 18.9. The molecule has 0 spiro atoms. The maximum atomic E-state index is 12.6. The quantitative estimate of drug-likeness (QED) is 0.594. The van der Waals surface area contributed by atoms with Gasteiger partial charge in [-0.1, -0.05) is 6.07 Å². The third-order valence-electron chi connectivity index (χ3n) is 4.39. The molecule has 3 rings (SSSR count). The molecule has 2 aromatic heterocycles. The van der Waals surface area contributed by atoms with Gasteiger partial charge in [-0.25, -0.2) is 9.78 Å².